The minimum atomic E-state index is -1.22. The van der Waals surface area contributed by atoms with Crippen LogP contribution in [-0.4, -0.2) is 54.8 Å². The van der Waals surface area contributed by atoms with Crippen molar-refractivity contribution in [3.63, 3.8) is 0 Å². The van der Waals surface area contributed by atoms with Gasteiger partial charge in [0.2, 0.25) is 11.8 Å². The monoisotopic (exact) mass is 385 g/mol. The van der Waals surface area contributed by atoms with Crippen LogP contribution in [0.15, 0.2) is 12.1 Å². The summed E-state index contributed by atoms with van der Waals surface area (Å²) in [5.74, 6) is -3.21. The van der Waals surface area contributed by atoms with Crippen molar-refractivity contribution in [2.75, 3.05) is 27.2 Å². The zero-order valence-electron chi connectivity index (χ0n) is 15.7. The van der Waals surface area contributed by atoms with Crippen molar-refractivity contribution < 1.29 is 22.8 Å². The molecule has 0 spiro atoms. The molecule has 1 saturated heterocycles. The second kappa shape index (κ2) is 9.21. The van der Waals surface area contributed by atoms with E-state index >= 15 is 0 Å². The number of benzene rings is 1. The Balaban J connectivity index is 1.83. The van der Waals surface area contributed by atoms with E-state index in [4.69, 9.17) is 5.73 Å². The number of likely N-dealkylation sites (tertiary alicyclic amines) is 1. The molecule has 0 saturated carbocycles. The van der Waals surface area contributed by atoms with Crippen molar-refractivity contribution in [3.05, 3.63) is 35.1 Å². The van der Waals surface area contributed by atoms with Crippen LogP contribution in [0.3, 0.4) is 0 Å². The maximum absolute atomic E-state index is 13.8. The van der Waals surface area contributed by atoms with Crippen molar-refractivity contribution in [1.29, 1.82) is 0 Å². The van der Waals surface area contributed by atoms with Crippen LogP contribution < -0.4 is 5.73 Å². The highest BCUT2D eigenvalue weighted by molar-refractivity contribution is 5.83. The van der Waals surface area contributed by atoms with Gasteiger partial charge in [-0.25, -0.2) is 13.2 Å². The molecule has 150 valence electrons. The van der Waals surface area contributed by atoms with Crippen LogP contribution in [0, 0.1) is 23.4 Å². The molecular weight excluding hydrogens is 359 g/mol. The van der Waals surface area contributed by atoms with E-state index < -0.39 is 23.5 Å². The number of nitrogens with two attached hydrogens (primary N) is 1. The molecule has 1 aliphatic heterocycles. The van der Waals surface area contributed by atoms with Gasteiger partial charge in [0.1, 0.15) is 5.82 Å². The van der Waals surface area contributed by atoms with Gasteiger partial charge < -0.3 is 15.5 Å². The van der Waals surface area contributed by atoms with Crippen molar-refractivity contribution in [2.24, 2.45) is 11.7 Å². The van der Waals surface area contributed by atoms with Crippen molar-refractivity contribution in [2.45, 2.75) is 38.1 Å². The molecule has 1 aromatic carbocycles. The summed E-state index contributed by atoms with van der Waals surface area (Å²) in [6, 6.07) is 0.982. The fourth-order valence-corrected chi connectivity index (χ4v) is 3.31. The average Bonchev–Trinajstić information content (AvgIpc) is 2.63. The summed E-state index contributed by atoms with van der Waals surface area (Å²) in [5, 5.41) is 0. The Morgan fingerprint density at radius 2 is 1.70 bits per heavy atom. The van der Waals surface area contributed by atoms with Crippen LogP contribution in [0.2, 0.25) is 0 Å². The molecule has 1 aromatic rings. The minimum absolute atomic E-state index is 0.0575. The van der Waals surface area contributed by atoms with Gasteiger partial charge in [-0.2, -0.15) is 0 Å². The highest BCUT2D eigenvalue weighted by Gasteiger charge is 2.27. The molecule has 1 unspecified atom stereocenters. The summed E-state index contributed by atoms with van der Waals surface area (Å²) in [6.45, 7) is 1.04. The fraction of sp³-hybridized carbons (Fsp3) is 0.579. The quantitative estimate of drug-likeness (QED) is 0.763. The largest absolute Gasteiger partial charge is 0.349 e. The SMILES string of the molecule is CN(C)C(=O)CCC(=O)N1CCC(C(N)Cc2cc(F)c(F)cc2F)CC1. The van der Waals surface area contributed by atoms with E-state index in [-0.39, 0.29) is 42.6 Å². The lowest BCUT2D eigenvalue weighted by Crippen LogP contribution is -2.44. The second-order valence-electron chi connectivity index (χ2n) is 7.23. The van der Waals surface area contributed by atoms with Gasteiger partial charge in [0.05, 0.1) is 0 Å². The molecule has 2 amide bonds. The highest BCUT2D eigenvalue weighted by Crippen LogP contribution is 2.24. The van der Waals surface area contributed by atoms with Crippen LogP contribution in [-0.2, 0) is 16.0 Å². The predicted molar refractivity (Wildman–Crippen MR) is 95.2 cm³/mol. The minimum Gasteiger partial charge on any atom is -0.349 e. The molecule has 1 atom stereocenters. The van der Waals surface area contributed by atoms with E-state index in [1.165, 1.54) is 4.90 Å². The first-order valence-electron chi connectivity index (χ1n) is 9.06. The molecule has 0 bridgehead atoms. The Morgan fingerprint density at radius 3 is 2.30 bits per heavy atom. The number of amides is 2. The van der Waals surface area contributed by atoms with E-state index in [2.05, 4.69) is 0 Å². The number of hydrogen-bond acceptors (Lipinski definition) is 3. The molecule has 5 nitrogen and oxygen atoms in total. The zero-order valence-corrected chi connectivity index (χ0v) is 15.7. The first-order valence-corrected chi connectivity index (χ1v) is 9.06. The molecule has 1 heterocycles. The van der Waals surface area contributed by atoms with Crippen LogP contribution in [0.1, 0.15) is 31.2 Å². The first-order chi connectivity index (χ1) is 12.7. The number of carbonyl (C=O) groups excluding carboxylic acids is 2. The normalized spacial score (nSPS) is 16.3. The third-order valence-electron chi connectivity index (χ3n) is 5.09. The molecule has 2 N–H and O–H groups in total. The number of piperidine rings is 1. The topological polar surface area (TPSA) is 66.6 Å². The van der Waals surface area contributed by atoms with Gasteiger partial charge >= 0.3 is 0 Å². The first kappa shape index (κ1) is 21.2. The van der Waals surface area contributed by atoms with E-state index in [0.29, 0.717) is 32.0 Å². The highest BCUT2D eigenvalue weighted by atomic mass is 19.2. The average molecular weight is 385 g/mol. The fourth-order valence-electron chi connectivity index (χ4n) is 3.31. The smallest absolute Gasteiger partial charge is 0.223 e. The molecule has 1 fully saturated rings. The summed E-state index contributed by atoms with van der Waals surface area (Å²) in [4.78, 5) is 26.9. The van der Waals surface area contributed by atoms with Crippen LogP contribution >= 0.6 is 0 Å². The molecule has 27 heavy (non-hydrogen) atoms. The summed E-state index contributed by atoms with van der Waals surface area (Å²) < 4.78 is 40.1. The third kappa shape index (κ3) is 5.69. The van der Waals surface area contributed by atoms with E-state index in [0.717, 1.165) is 6.07 Å². The van der Waals surface area contributed by atoms with Gasteiger partial charge in [-0.05, 0) is 36.8 Å². The summed E-state index contributed by atoms with van der Waals surface area (Å²) >= 11 is 0. The van der Waals surface area contributed by atoms with Crippen LogP contribution in [0.25, 0.3) is 0 Å². The van der Waals surface area contributed by atoms with Gasteiger partial charge in [-0.15, -0.1) is 0 Å². The maximum atomic E-state index is 13.8. The molecule has 0 aromatic heterocycles. The maximum Gasteiger partial charge on any atom is 0.223 e. The van der Waals surface area contributed by atoms with Crippen molar-refractivity contribution >= 4 is 11.8 Å². The second-order valence-corrected chi connectivity index (χ2v) is 7.23. The summed E-state index contributed by atoms with van der Waals surface area (Å²) in [5.41, 5.74) is 6.21. The number of nitrogens with zero attached hydrogens (tertiary/aromatic N) is 2. The van der Waals surface area contributed by atoms with Gasteiger partial charge in [0, 0.05) is 52.1 Å². The van der Waals surface area contributed by atoms with Gasteiger partial charge in [0.25, 0.3) is 0 Å². The molecule has 8 heteroatoms. The van der Waals surface area contributed by atoms with E-state index in [9.17, 15) is 22.8 Å². The summed E-state index contributed by atoms with van der Waals surface area (Å²) in [7, 11) is 3.30. The van der Waals surface area contributed by atoms with Crippen molar-refractivity contribution in [3.8, 4) is 0 Å². The predicted octanol–water partition coefficient (Wildman–Crippen LogP) is 2.08. The number of hydrogen-bond donors (Lipinski definition) is 1. The standard InChI is InChI=1S/C19H26F3N3O2/c1-24(2)18(26)3-4-19(27)25-7-5-12(6-8-25)17(23)10-13-9-15(21)16(22)11-14(13)20/h9,11-12,17H,3-8,10,23H2,1-2H3. The third-order valence-corrected chi connectivity index (χ3v) is 5.09. The zero-order chi connectivity index (χ0) is 20.1. The lowest BCUT2D eigenvalue weighted by Gasteiger charge is -2.35. The Labute approximate surface area is 157 Å². The van der Waals surface area contributed by atoms with Gasteiger partial charge in [-0.3, -0.25) is 9.59 Å². The van der Waals surface area contributed by atoms with E-state index in [1.807, 2.05) is 0 Å². The van der Waals surface area contributed by atoms with Gasteiger partial charge in [0.15, 0.2) is 11.6 Å². The summed E-state index contributed by atoms with van der Waals surface area (Å²) in [6.07, 6.45) is 1.77. The number of carbonyl (C=O) groups is 2. The van der Waals surface area contributed by atoms with Gasteiger partial charge in [-0.1, -0.05) is 0 Å². The molecule has 1 aliphatic rings. The van der Waals surface area contributed by atoms with Crippen molar-refractivity contribution in [1.82, 2.24) is 9.80 Å². The lowest BCUT2D eigenvalue weighted by molar-refractivity contribution is -0.136. The molecular formula is C19H26F3N3O2. The Kier molecular flexibility index (Phi) is 7.24. The molecule has 0 radical (unpaired) electrons. The number of halogens is 3. The Bertz CT molecular complexity index is 689. The Hall–Kier alpha value is -2.09. The number of rotatable bonds is 6. The van der Waals surface area contributed by atoms with Crippen LogP contribution in [0.5, 0.6) is 0 Å². The Morgan fingerprint density at radius 1 is 1.11 bits per heavy atom. The molecule has 2 rings (SSSR count). The molecule has 0 aliphatic carbocycles. The van der Waals surface area contributed by atoms with E-state index in [1.54, 1.807) is 19.0 Å². The van der Waals surface area contributed by atoms with Crippen LogP contribution in [0.4, 0.5) is 13.2 Å². The lowest BCUT2D eigenvalue weighted by atomic mass is 9.86.